The summed E-state index contributed by atoms with van der Waals surface area (Å²) >= 11 is 0. The molecule has 1 aliphatic carbocycles. The van der Waals surface area contributed by atoms with Gasteiger partial charge < -0.3 is 5.11 Å². The van der Waals surface area contributed by atoms with Crippen molar-refractivity contribution in [3.63, 3.8) is 0 Å². The van der Waals surface area contributed by atoms with Crippen molar-refractivity contribution < 1.29 is 9.90 Å². The molecule has 1 fully saturated rings. The number of hydrogen-bond donors (Lipinski definition) is 1. The third-order valence-corrected chi connectivity index (χ3v) is 3.43. The molecule has 1 N–H and O–H groups in total. The zero-order valence-corrected chi connectivity index (χ0v) is 9.67. The highest BCUT2D eigenvalue weighted by Crippen LogP contribution is 2.33. The summed E-state index contributed by atoms with van der Waals surface area (Å²) in [5.74, 6) is 0.697. The van der Waals surface area contributed by atoms with Crippen LogP contribution in [0.2, 0.25) is 0 Å². The Labute approximate surface area is 92.4 Å². The number of ketones is 1. The topological polar surface area (TPSA) is 37.3 Å². The highest BCUT2D eigenvalue weighted by atomic mass is 16.3. The van der Waals surface area contributed by atoms with Gasteiger partial charge in [0.2, 0.25) is 0 Å². The quantitative estimate of drug-likeness (QED) is 0.559. The van der Waals surface area contributed by atoms with E-state index in [0.717, 1.165) is 25.7 Å². The van der Waals surface area contributed by atoms with E-state index in [0.29, 0.717) is 25.2 Å². The van der Waals surface area contributed by atoms with Gasteiger partial charge in [0, 0.05) is 6.42 Å². The van der Waals surface area contributed by atoms with Gasteiger partial charge >= 0.3 is 0 Å². The molecular formula is C13H22O2. The van der Waals surface area contributed by atoms with Crippen LogP contribution in [0.5, 0.6) is 0 Å². The lowest BCUT2D eigenvalue weighted by molar-refractivity contribution is -0.141. The normalized spacial score (nSPS) is 31.2. The fourth-order valence-electron chi connectivity index (χ4n) is 2.16. The van der Waals surface area contributed by atoms with Crippen LogP contribution < -0.4 is 0 Å². The molecule has 1 aliphatic rings. The molecule has 0 bridgehead atoms. The second-order valence-corrected chi connectivity index (χ2v) is 4.82. The van der Waals surface area contributed by atoms with Crippen molar-refractivity contribution >= 4 is 5.78 Å². The Morgan fingerprint density at radius 2 is 2.13 bits per heavy atom. The molecule has 2 nitrogen and oxygen atoms in total. The number of carbonyl (C=O) groups excluding carboxylic acids is 1. The molecule has 0 spiro atoms. The van der Waals surface area contributed by atoms with Gasteiger partial charge in [0.15, 0.2) is 5.78 Å². The third-order valence-electron chi connectivity index (χ3n) is 3.43. The lowest BCUT2D eigenvalue weighted by Gasteiger charge is -2.33. The van der Waals surface area contributed by atoms with E-state index in [2.05, 4.69) is 13.5 Å². The maximum absolute atomic E-state index is 11.8. The SMILES string of the molecule is C=CCCCC(=O)C1(O)CCC(C)CC1. The van der Waals surface area contributed by atoms with Crippen molar-refractivity contribution in [1.29, 1.82) is 0 Å². The Hall–Kier alpha value is -0.630. The lowest BCUT2D eigenvalue weighted by atomic mass is 9.76. The summed E-state index contributed by atoms with van der Waals surface area (Å²) in [4.78, 5) is 11.8. The Morgan fingerprint density at radius 3 is 2.67 bits per heavy atom. The standard InChI is InChI=1S/C13H22O2/c1-3-4-5-6-12(14)13(15)9-7-11(2)8-10-13/h3,11,15H,1,4-10H2,2H3. The van der Waals surface area contributed by atoms with Crippen molar-refractivity contribution in [3.8, 4) is 0 Å². The predicted octanol–water partition coefficient (Wildman–Crippen LogP) is 2.85. The number of allylic oxidation sites excluding steroid dienone is 1. The minimum Gasteiger partial charge on any atom is -0.382 e. The molecule has 15 heavy (non-hydrogen) atoms. The molecule has 0 amide bonds. The molecule has 1 rings (SSSR count). The fourth-order valence-corrected chi connectivity index (χ4v) is 2.16. The summed E-state index contributed by atoms with van der Waals surface area (Å²) in [7, 11) is 0. The lowest BCUT2D eigenvalue weighted by Crippen LogP contribution is -2.41. The van der Waals surface area contributed by atoms with Crippen LogP contribution in [0, 0.1) is 5.92 Å². The molecule has 0 aromatic carbocycles. The minimum absolute atomic E-state index is 0.0382. The van der Waals surface area contributed by atoms with Gasteiger partial charge in [0.1, 0.15) is 5.60 Å². The van der Waals surface area contributed by atoms with Crippen LogP contribution in [0.1, 0.15) is 51.9 Å². The van der Waals surface area contributed by atoms with Gasteiger partial charge in [-0.15, -0.1) is 6.58 Å². The monoisotopic (exact) mass is 210 g/mol. The van der Waals surface area contributed by atoms with Crippen LogP contribution in [0.4, 0.5) is 0 Å². The first-order chi connectivity index (χ1) is 7.08. The number of rotatable bonds is 5. The Kier molecular flexibility index (Phi) is 4.52. The van der Waals surface area contributed by atoms with E-state index in [4.69, 9.17) is 0 Å². The van der Waals surface area contributed by atoms with Crippen molar-refractivity contribution in [2.45, 2.75) is 57.5 Å². The first-order valence-electron chi connectivity index (χ1n) is 5.95. The second-order valence-electron chi connectivity index (χ2n) is 4.82. The van der Waals surface area contributed by atoms with Crippen LogP contribution in [0.25, 0.3) is 0 Å². The van der Waals surface area contributed by atoms with Crippen LogP contribution >= 0.6 is 0 Å². The van der Waals surface area contributed by atoms with Gasteiger partial charge in [-0.05, 0) is 44.4 Å². The zero-order chi connectivity index (χ0) is 11.3. The molecular weight excluding hydrogens is 188 g/mol. The molecule has 1 saturated carbocycles. The van der Waals surface area contributed by atoms with Crippen molar-refractivity contribution in [2.75, 3.05) is 0 Å². The number of carbonyl (C=O) groups is 1. The summed E-state index contributed by atoms with van der Waals surface area (Å²) in [6.45, 7) is 5.81. The van der Waals surface area contributed by atoms with E-state index >= 15 is 0 Å². The Bertz CT molecular complexity index is 225. The van der Waals surface area contributed by atoms with Gasteiger partial charge in [-0.1, -0.05) is 13.0 Å². The van der Waals surface area contributed by atoms with Crippen LogP contribution in [0.15, 0.2) is 12.7 Å². The van der Waals surface area contributed by atoms with Crippen LogP contribution in [0.3, 0.4) is 0 Å². The summed E-state index contributed by atoms with van der Waals surface area (Å²) in [5, 5.41) is 10.2. The summed E-state index contributed by atoms with van der Waals surface area (Å²) in [6, 6.07) is 0. The average Bonchev–Trinajstić information content (AvgIpc) is 2.23. The van der Waals surface area contributed by atoms with E-state index in [1.807, 2.05) is 6.08 Å². The van der Waals surface area contributed by atoms with Crippen LogP contribution in [-0.2, 0) is 4.79 Å². The van der Waals surface area contributed by atoms with Crippen molar-refractivity contribution in [1.82, 2.24) is 0 Å². The zero-order valence-electron chi connectivity index (χ0n) is 9.67. The van der Waals surface area contributed by atoms with Gasteiger partial charge in [-0.2, -0.15) is 0 Å². The summed E-state index contributed by atoms with van der Waals surface area (Å²) < 4.78 is 0. The van der Waals surface area contributed by atoms with E-state index in [1.54, 1.807) is 0 Å². The van der Waals surface area contributed by atoms with E-state index < -0.39 is 5.60 Å². The van der Waals surface area contributed by atoms with Crippen molar-refractivity contribution in [3.05, 3.63) is 12.7 Å². The van der Waals surface area contributed by atoms with E-state index in [-0.39, 0.29) is 5.78 Å². The fraction of sp³-hybridized carbons (Fsp3) is 0.769. The molecule has 0 saturated heterocycles. The van der Waals surface area contributed by atoms with Crippen LogP contribution in [-0.4, -0.2) is 16.5 Å². The first-order valence-corrected chi connectivity index (χ1v) is 5.95. The smallest absolute Gasteiger partial charge is 0.164 e. The molecule has 0 radical (unpaired) electrons. The molecule has 0 aromatic heterocycles. The number of hydrogen-bond acceptors (Lipinski definition) is 2. The first kappa shape index (κ1) is 12.4. The molecule has 0 unspecified atom stereocenters. The third kappa shape index (κ3) is 3.45. The molecule has 0 heterocycles. The Balaban J connectivity index is 2.39. The van der Waals surface area contributed by atoms with Crippen molar-refractivity contribution in [2.24, 2.45) is 5.92 Å². The molecule has 2 heteroatoms. The predicted molar refractivity (Wildman–Crippen MR) is 61.6 cm³/mol. The number of Topliss-reactive ketones (excluding diaryl/α,β-unsaturated/α-hetero) is 1. The average molecular weight is 210 g/mol. The van der Waals surface area contributed by atoms with Gasteiger partial charge in [0.25, 0.3) is 0 Å². The Morgan fingerprint density at radius 1 is 1.53 bits per heavy atom. The maximum Gasteiger partial charge on any atom is 0.164 e. The molecule has 86 valence electrons. The number of aliphatic hydroxyl groups is 1. The highest BCUT2D eigenvalue weighted by molar-refractivity contribution is 5.87. The largest absolute Gasteiger partial charge is 0.382 e. The van der Waals surface area contributed by atoms with Gasteiger partial charge in [-0.25, -0.2) is 0 Å². The minimum atomic E-state index is -1.01. The second kappa shape index (κ2) is 5.45. The van der Waals surface area contributed by atoms with E-state index in [1.165, 1.54) is 0 Å². The number of unbranched alkanes of at least 4 members (excludes halogenated alkanes) is 1. The molecule has 0 aliphatic heterocycles. The highest BCUT2D eigenvalue weighted by Gasteiger charge is 2.37. The molecule has 0 atom stereocenters. The molecule has 0 aromatic rings. The summed E-state index contributed by atoms with van der Waals surface area (Å²) in [6.07, 6.45) is 7.26. The van der Waals surface area contributed by atoms with Gasteiger partial charge in [-0.3, -0.25) is 4.79 Å². The summed E-state index contributed by atoms with van der Waals surface area (Å²) in [5.41, 5.74) is -1.01. The van der Waals surface area contributed by atoms with Gasteiger partial charge in [0.05, 0.1) is 0 Å². The van der Waals surface area contributed by atoms with E-state index in [9.17, 15) is 9.90 Å². The maximum atomic E-state index is 11.8.